The van der Waals surface area contributed by atoms with Crippen LogP contribution in [0, 0.1) is 5.92 Å². The summed E-state index contributed by atoms with van der Waals surface area (Å²) < 4.78 is 5.57. The molecule has 0 aliphatic heterocycles. The summed E-state index contributed by atoms with van der Waals surface area (Å²) in [6.07, 6.45) is 2.22. The summed E-state index contributed by atoms with van der Waals surface area (Å²) in [7, 11) is 0. The van der Waals surface area contributed by atoms with Crippen LogP contribution in [-0.4, -0.2) is 21.9 Å². The van der Waals surface area contributed by atoms with Gasteiger partial charge < -0.3 is 20.4 Å². The standard InChI is InChI=1S/C28H29Cl2N5O2/c1-18(2)13-24(27(36)31-16-19-8-10-21(29)11-9-19)33-26-15-23(25-7-4-12-37-25)34-28(35-26)32-17-20-5-3-6-22(30)14-20/h3-12,14-15,18,24H,13,16-17H2,1-2H3,(H,31,36)(H2,32,33,34,35). The summed E-state index contributed by atoms with van der Waals surface area (Å²) in [6, 6.07) is 19.9. The third kappa shape index (κ3) is 7.97. The Balaban J connectivity index is 1.53. The fraction of sp³-hybridized carbons (Fsp3) is 0.250. The van der Waals surface area contributed by atoms with Crippen LogP contribution >= 0.6 is 23.2 Å². The summed E-state index contributed by atoms with van der Waals surface area (Å²) in [5.41, 5.74) is 2.56. The summed E-state index contributed by atoms with van der Waals surface area (Å²) in [4.78, 5) is 22.4. The van der Waals surface area contributed by atoms with Crippen molar-refractivity contribution in [3.63, 3.8) is 0 Å². The van der Waals surface area contributed by atoms with Crippen LogP contribution in [0.5, 0.6) is 0 Å². The molecule has 2 aromatic heterocycles. The number of carbonyl (C=O) groups is 1. The zero-order valence-corrected chi connectivity index (χ0v) is 22.2. The lowest BCUT2D eigenvalue weighted by Gasteiger charge is -2.21. The Bertz CT molecular complexity index is 1310. The van der Waals surface area contributed by atoms with Gasteiger partial charge in [-0.25, -0.2) is 4.98 Å². The quantitative estimate of drug-likeness (QED) is 0.195. The molecule has 7 nitrogen and oxygen atoms in total. The van der Waals surface area contributed by atoms with Crippen LogP contribution in [0.3, 0.4) is 0 Å². The van der Waals surface area contributed by atoms with Crippen LogP contribution in [0.4, 0.5) is 11.8 Å². The summed E-state index contributed by atoms with van der Waals surface area (Å²) in [5, 5.41) is 10.9. The molecule has 4 rings (SSSR count). The van der Waals surface area contributed by atoms with Crippen molar-refractivity contribution in [2.24, 2.45) is 5.92 Å². The number of nitrogens with zero attached hydrogens (tertiary/aromatic N) is 2. The number of aromatic nitrogens is 2. The fourth-order valence-corrected chi connectivity index (χ4v) is 4.11. The lowest BCUT2D eigenvalue weighted by molar-refractivity contribution is -0.122. The highest BCUT2D eigenvalue weighted by atomic mass is 35.5. The predicted octanol–water partition coefficient (Wildman–Crippen LogP) is 6.80. The molecule has 0 aliphatic rings. The lowest BCUT2D eigenvalue weighted by Crippen LogP contribution is -2.40. The van der Waals surface area contributed by atoms with Crippen LogP contribution in [0.15, 0.2) is 77.4 Å². The van der Waals surface area contributed by atoms with Crippen LogP contribution in [0.2, 0.25) is 10.0 Å². The van der Waals surface area contributed by atoms with Gasteiger partial charge in [0, 0.05) is 29.2 Å². The molecule has 1 atom stereocenters. The predicted molar refractivity (Wildman–Crippen MR) is 149 cm³/mol. The molecule has 37 heavy (non-hydrogen) atoms. The molecule has 2 heterocycles. The van der Waals surface area contributed by atoms with E-state index in [2.05, 4.69) is 39.8 Å². The second kappa shape index (κ2) is 12.6. The van der Waals surface area contributed by atoms with Crippen molar-refractivity contribution in [3.8, 4) is 11.5 Å². The average molecular weight is 538 g/mol. The maximum Gasteiger partial charge on any atom is 0.242 e. The van der Waals surface area contributed by atoms with Crippen LogP contribution in [0.25, 0.3) is 11.5 Å². The van der Waals surface area contributed by atoms with Gasteiger partial charge in [-0.1, -0.05) is 61.3 Å². The number of rotatable bonds is 11. The van der Waals surface area contributed by atoms with Gasteiger partial charge in [-0.2, -0.15) is 4.98 Å². The van der Waals surface area contributed by atoms with E-state index >= 15 is 0 Å². The number of furan rings is 1. The topological polar surface area (TPSA) is 92.1 Å². The van der Waals surface area contributed by atoms with Crippen molar-refractivity contribution in [2.75, 3.05) is 10.6 Å². The smallest absolute Gasteiger partial charge is 0.242 e. The molecule has 0 spiro atoms. The van der Waals surface area contributed by atoms with Gasteiger partial charge in [-0.15, -0.1) is 0 Å². The molecular weight excluding hydrogens is 509 g/mol. The van der Waals surface area contributed by atoms with E-state index in [-0.39, 0.29) is 11.8 Å². The van der Waals surface area contributed by atoms with Gasteiger partial charge in [-0.3, -0.25) is 4.79 Å². The zero-order valence-electron chi connectivity index (χ0n) is 20.7. The van der Waals surface area contributed by atoms with Gasteiger partial charge in [0.1, 0.15) is 17.6 Å². The Morgan fingerprint density at radius 3 is 2.43 bits per heavy atom. The number of benzene rings is 2. The zero-order chi connectivity index (χ0) is 26.2. The minimum absolute atomic E-state index is 0.116. The summed E-state index contributed by atoms with van der Waals surface area (Å²) >= 11 is 12.1. The van der Waals surface area contributed by atoms with Gasteiger partial charge >= 0.3 is 0 Å². The van der Waals surface area contributed by atoms with Crippen molar-refractivity contribution in [1.29, 1.82) is 0 Å². The first-order chi connectivity index (χ1) is 17.9. The number of hydrogen-bond donors (Lipinski definition) is 3. The second-order valence-corrected chi connectivity index (χ2v) is 9.97. The molecule has 0 saturated carbocycles. The number of anilines is 2. The molecule has 0 fully saturated rings. The highest BCUT2D eigenvalue weighted by Crippen LogP contribution is 2.24. The van der Waals surface area contributed by atoms with E-state index in [1.807, 2.05) is 54.6 Å². The monoisotopic (exact) mass is 537 g/mol. The molecule has 0 saturated heterocycles. The summed E-state index contributed by atoms with van der Waals surface area (Å²) in [6.45, 7) is 5.04. The number of hydrogen-bond acceptors (Lipinski definition) is 6. The summed E-state index contributed by atoms with van der Waals surface area (Å²) in [5.74, 6) is 1.69. The normalized spacial score (nSPS) is 11.8. The highest BCUT2D eigenvalue weighted by molar-refractivity contribution is 6.30. The van der Waals surface area contributed by atoms with Crippen molar-refractivity contribution >= 4 is 40.9 Å². The van der Waals surface area contributed by atoms with E-state index in [0.717, 1.165) is 11.1 Å². The van der Waals surface area contributed by atoms with E-state index in [4.69, 9.17) is 27.6 Å². The third-order valence-electron chi connectivity index (χ3n) is 5.57. The number of nitrogens with one attached hydrogen (secondary N) is 3. The van der Waals surface area contributed by atoms with Gasteiger partial charge in [0.2, 0.25) is 11.9 Å². The molecular formula is C28H29Cl2N5O2. The van der Waals surface area contributed by atoms with Crippen LogP contribution < -0.4 is 16.0 Å². The molecule has 1 unspecified atom stereocenters. The minimum Gasteiger partial charge on any atom is -0.463 e. The molecule has 3 N–H and O–H groups in total. The van der Waals surface area contributed by atoms with E-state index in [9.17, 15) is 4.79 Å². The second-order valence-electron chi connectivity index (χ2n) is 9.09. The molecule has 0 radical (unpaired) electrons. The van der Waals surface area contributed by atoms with E-state index in [1.54, 1.807) is 18.4 Å². The van der Waals surface area contributed by atoms with Crippen LogP contribution in [-0.2, 0) is 17.9 Å². The molecule has 2 aromatic carbocycles. The van der Waals surface area contributed by atoms with E-state index in [1.165, 1.54) is 0 Å². The number of halogens is 2. The average Bonchev–Trinajstić information content (AvgIpc) is 3.42. The van der Waals surface area contributed by atoms with E-state index < -0.39 is 6.04 Å². The minimum atomic E-state index is -0.493. The fourth-order valence-electron chi connectivity index (χ4n) is 3.77. The SMILES string of the molecule is CC(C)CC(Nc1cc(-c2ccco2)nc(NCc2cccc(Cl)c2)n1)C(=O)NCc1ccc(Cl)cc1. The Labute approximate surface area is 226 Å². The van der Waals surface area contributed by atoms with Gasteiger partial charge in [0.25, 0.3) is 0 Å². The van der Waals surface area contributed by atoms with E-state index in [0.29, 0.717) is 52.8 Å². The molecule has 0 aliphatic carbocycles. The Morgan fingerprint density at radius 2 is 1.73 bits per heavy atom. The Morgan fingerprint density at radius 1 is 0.919 bits per heavy atom. The van der Waals surface area contributed by atoms with Crippen molar-refractivity contribution in [3.05, 3.63) is 94.2 Å². The van der Waals surface area contributed by atoms with Crippen molar-refractivity contribution in [2.45, 2.75) is 39.4 Å². The molecule has 0 bridgehead atoms. The van der Waals surface area contributed by atoms with Gasteiger partial charge in [0.05, 0.1) is 6.26 Å². The first-order valence-electron chi connectivity index (χ1n) is 12.1. The maximum absolute atomic E-state index is 13.2. The molecule has 192 valence electrons. The van der Waals surface area contributed by atoms with Crippen molar-refractivity contribution in [1.82, 2.24) is 15.3 Å². The highest BCUT2D eigenvalue weighted by Gasteiger charge is 2.21. The largest absolute Gasteiger partial charge is 0.463 e. The van der Waals surface area contributed by atoms with Gasteiger partial charge in [-0.05, 0) is 59.9 Å². The third-order valence-corrected chi connectivity index (χ3v) is 6.05. The maximum atomic E-state index is 13.2. The van der Waals surface area contributed by atoms with Crippen LogP contribution in [0.1, 0.15) is 31.4 Å². The van der Waals surface area contributed by atoms with Gasteiger partial charge in [0.15, 0.2) is 5.76 Å². The van der Waals surface area contributed by atoms with Crippen molar-refractivity contribution < 1.29 is 9.21 Å². The molecule has 1 amide bonds. The number of amides is 1. The molecule has 4 aromatic rings. The number of carbonyl (C=O) groups excluding carboxylic acids is 1. The Kier molecular flexibility index (Phi) is 9.04. The first-order valence-corrected chi connectivity index (χ1v) is 12.8. The molecule has 9 heteroatoms. The first kappa shape index (κ1) is 26.5. The lowest BCUT2D eigenvalue weighted by atomic mass is 10.0. The Hall–Kier alpha value is -3.55.